The van der Waals surface area contributed by atoms with E-state index in [1.165, 1.54) is 24.8 Å². The lowest BCUT2D eigenvalue weighted by molar-refractivity contribution is 0.267. The highest BCUT2D eigenvalue weighted by atomic mass is 16.3. The van der Waals surface area contributed by atoms with Gasteiger partial charge in [-0.25, -0.2) is 0 Å². The fourth-order valence-corrected chi connectivity index (χ4v) is 1.88. The topological polar surface area (TPSA) is 20.2 Å². The molecule has 0 aliphatic heterocycles. The number of hydrogen-bond acceptors (Lipinski definition) is 1. The summed E-state index contributed by atoms with van der Waals surface area (Å²) in [7, 11) is 0. The number of aliphatic hydroxyl groups is 1. The van der Waals surface area contributed by atoms with E-state index in [1.54, 1.807) is 0 Å². The maximum absolute atomic E-state index is 8.87. The Morgan fingerprint density at radius 2 is 1.92 bits per heavy atom. The number of aliphatic hydroxyl groups excluding tert-OH is 1. The van der Waals surface area contributed by atoms with Crippen LogP contribution in [0, 0.1) is 11.8 Å². The Hall–Kier alpha value is -0.820. The molecule has 1 aromatic carbocycles. The van der Waals surface area contributed by atoms with Crippen molar-refractivity contribution in [2.24, 2.45) is 11.8 Å². The van der Waals surface area contributed by atoms with Crippen molar-refractivity contribution in [1.29, 1.82) is 0 Å². The van der Waals surface area contributed by atoms with Crippen LogP contribution in [0.2, 0.25) is 0 Å². The highest BCUT2D eigenvalue weighted by molar-refractivity contribution is 5.15. The first kappa shape index (κ1) is 8.76. The summed E-state index contributed by atoms with van der Waals surface area (Å²) in [6.07, 6.45) is 3.65. The van der Waals surface area contributed by atoms with Crippen molar-refractivity contribution in [1.82, 2.24) is 0 Å². The summed E-state index contributed by atoms with van der Waals surface area (Å²) in [5.74, 6) is 1.41. The molecule has 1 fully saturated rings. The van der Waals surface area contributed by atoms with Crippen LogP contribution in [-0.4, -0.2) is 11.7 Å². The highest BCUT2D eigenvalue weighted by Gasteiger charge is 2.35. The van der Waals surface area contributed by atoms with Gasteiger partial charge in [-0.05, 0) is 36.7 Å². The Bertz CT molecular complexity index is 255. The molecule has 0 amide bonds. The van der Waals surface area contributed by atoms with Crippen LogP contribution < -0.4 is 0 Å². The minimum absolute atomic E-state index is 0.388. The Morgan fingerprint density at radius 1 is 1.15 bits per heavy atom. The number of benzene rings is 1. The summed E-state index contributed by atoms with van der Waals surface area (Å²) >= 11 is 0. The van der Waals surface area contributed by atoms with E-state index < -0.39 is 0 Å². The van der Waals surface area contributed by atoms with E-state index in [1.807, 2.05) is 0 Å². The van der Waals surface area contributed by atoms with E-state index in [9.17, 15) is 0 Å². The molecule has 13 heavy (non-hydrogen) atoms. The van der Waals surface area contributed by atoms with Gasteiger partial charge in [0, 0.05) is 6.61 Å². The van der Waals surface area contributed by atoms with Crippen molar-refractivity contribution in [2.45, 2.75) is 19.3 Å². The molecule has 2 rings (SSSR count). The Balaban J connectivity index is 1.75. The fraction of sp³-hybridized carbons (Fsp3) is 0.500. The second-order valence-corrected chi connectivity index (χ2v) is 3.96. The third-order valence-corrected chi connectivity index (χ3v) is 2.95. The SMILES string of the molecule is OC[C@@H]1C[C@H]1CCc1ccccc1. The monoisotopic (exact) mass is 176 g/mol. The van der Waals surface area contributed by atoms with Gasteiger partial charge >= 0.3 is 0 Å². The third kappa shape index (κ3) is 2.31. The quantitative estimate of drug-likeness (QED) is 0.746. The molecule has 0 heterocycles. The Kier molecular flexibility index (Phi) is 2.65. The standard InChI is InChI=1S/C12H16O/c13-9-12-8-11(12)7-6-10-4-2-1-3-5-10/h1-5,11-13H,6-9H2/t11-,12+/m1/s1. The molecule has 70 valence electrons. The van der Waals surface area contributed by atoms with Crippen molar-refractivity contribution in [3.63, 3.8) is 0 Å². The molecule has 1 aliphatic rings. The molecule has 1 aromatic rings. The lowest BCUT2D eigenvalue weighted by atomic mass is 10.1. The zero-order chi connectivity index (χ0) is 9.10. The van der Waals surface area contributed by atoms with Crippen LogP contribution >= 0.6 is 0 Å². The molecule has 0 saturated heterocycles. The van der Waals surface area contributed by atoms with Crippen LogP contribution in [-0.2, 0) is 6.42 Å². The highest BCUT2D eigenvalue weighted by Crippen LogP contribution is 2.41. The van der Waals surface area contributed by atoms with Gasteiger partial charge in [0.1, 0.15) is 0 Å². The molecule has 1 heteroatoms. The maximum Gasteiger partial charge on any atom is 0.0462 e. The summed E-state index contributed by atoms with van der Waals surface area (Å²) in [4.78, 5) is 0. The average Bonchev–Trinajstić information content (AvgIpc) is 2.95. The van der Waals surface area contributed by atoms with Gasteiger partial charge in [0.15, 0.2) is 0 Å². The predicted molar refractivity (Wildman–Crippen MR) is 53.4 cm³/mol. The zero-order valence-corrected chi connectivity index (χ0v) is 7.82. The van der Waals surface area contributed by atoms with Crippen LogP contribution in [0.4, 0.5) is 0 Å². The molecular formula is C12H16O. The lowest BCUT2D eigenvalue weighted by Crippen LogP contribution is -1.91. The first-order chi connectivity index (χ1) is 6.40. The Morgan fingerprint density at radius 3 is 2.54 bits per heavy atom. The second-order valence-electron chi connectivity index (χ2n) is 3.96. The van der Waals surface area contributed by atoms with Gasteiger partial charge in [-0.3, -0.25) is 0 Å². The van der Waals surface area contributed by atoms with Gasteiger partial charge in [-0.2, -0.15) is 0 Å². The van der Waals surface area contributed by atoms with Crippen LogP contribution in [0.25, 0.3) is 0 Å². The molecule has 0 spiro atoms. The van der Waals surface area contributed by atoms with E-state index in [-0.39, 0.29) is 0 Å². The predicted octanol–water partition coefficient (Wildman–Crippen LogP) is 2.25. The summed E-state index contributed by atoms with van der Waals surface area (Å²) in [5.41, 5.74) is 1.42. The Labute approximate surface area is 79.4 Å². The molecule has 0 radical (unpaired) electrons. The minimum atomic E-state index is 0.388. The van der Waals surface area contributed by atoms with E-state index in [2.05, 4.69) is 30.3 Å². The number of rotatable bonds is 4. The summed E-state index contributed by atoms with van der Waals surface area (Å²) in [6.45, 7) is 0.388. The van der Waals surface area contributed by atoms with Gasteiger partial charge in [0.25, 0.3) is 0 Å². The normalized spacial score (nSPS) is 25.9. The lowest BCUT2D eigenvalue weighted by Gasteiger charge is -1.99. The summed E-state index contributed by atoms with van der Waals surface area (Å²) in [6, 6.07) is 10.6. The molecule has 1 N–H and O–H groups in total. The third-order valence-electron chi connectivity index (χ3n) is 2.95. The van der Waals surface area contributed by atoms with Gasteiger partial charge < -0.3 is 5.11 Å². The van der Waals surface area contributed by atoms with Gasteiger partial charge in [-0.15, -0.1) is 0 Å². The van der Waals surface area contributed by atoms with Crippen molar-refractivity contribution >= 4 is 0 Å². The second kappa shape index (κ2) is 3.93. The van der Waals surface area contributed by atoms with E-state index in [4.69, 9.17) is 5.11 Å². The molecule has 2 atom stereocenters. The molecule has 0 aromatic heterocycles. The van der Waals surface area contributed by atoms with Crippen LogP contribution in [0.1, 0.15) is 18.4 Å². The van der Waals surface area contributed by atoms with Crippen LogP contribution in [0.3, 0.4) is 0 Å². The molecule has 0 unspecified atom stereocenters. The van der Waals surface area contributed by atoms with E-state index in [0.29, 0.717) is 12.5 Å². The minimum Gasteiger partial charge on any atom is -0.396 e. The van der Waals surface area contributed by atoms with Crippen molar-refractivity contribution in [3.05, 3.63) is 35.9 Å². The van der Waals surface area contributed by atoms with Crippen LogP contribution in [0.15, 0.2) is 30.3 Å². The number of hydrogen-bond donors (Lipinski definition) is 1. The van der Waals surface area contributed by atoms with Gasteiger partial charge in [0.05, 0.1) is 0 Å². The first-order valence-electron chi connectivity index (χ1n) is 5.05. The summed E-state index contributed by atoms with van der Waals surface area (Å²) < 4.78 is 0. The van der Waals surface area contributed by atoms with Crippen molar-refractivity contribution in [3.8, 4) is 0 Å². The van der Waals surface area contributed by atoms with Crippen LogP contribution in [0.5, 0.6) is 0 Å². The van der Waals surface area contributed by atoms with E-state index >= 15 is 0 Å². The summed E-state index contributed by atoms with van der Waals surface area (Å²) in [5, 5.41) is 8.87. The molecular weight excluding hydrogens is 160 g/mol. The fourth-order valence-electron chi connectivity index (χ4n) is 1.88. The molecule has 1 saturated carbocycles. The number of aryl methyl sites for hydroxylation is 1. The first-order valence-corrected chi connectivity index (χ1v) is 5.05. The molecule has 1 nitrogen and oxygen atoms in total. The maximum atomic E-state index is 8.87. The molecule has 1 aliphatic carbocycles. The van der Waals surface area contributed by atoms with Gasteiger partial charge in [-0.1, -0.05) is 30.3 Å². The zero-order valence-electron chi connectivity index (χ0n) is 7.82. The molecule has 0 bridgehead atoms. The average molecular weight is 176 g/mol. The smallest absolute Gasteiger partial charge is 0.0462 e. The van der Waals surface area contributed by atoms with E-state index in [0.717, 1.165) is 5.92 Å². The largest absolute Gasteiger partial charge is 0.396 e. The van der Waals surface area contributed by atoms with Crippen molar-refractivity contribution in [2.75, 3.05) is 6.61 Å². The van der Waals surface area contributed by atoms with Gasteiger partial charge in [0.2, 0.25) is 0 Å². The van der Waals surface area contributed by atoms with Crippen molar-refractivity contribution < 1.29 is 5.11 Å².